The number of anilines is 1. The number of aryl methyl sites for hydroxylation is 1. The molecule has 2 aromatic rings. The third-order valence-corrected chi connectivity index (χ3v) is 6.04. The molecule has 156 valence electrons. The highest BCUT2D eigenvalue weighted by molar-refractivity contribution is 7.89. The van der Waals surface area contributed by atoms with E-state index in [1.54, 1.807) is 32.9 Å². The summed E-state index contributed by atoms with van der Waals surface area (Å²) in [6, 6.07) is 9.27. The van der Waals surface area contributed by atoms with Crippen molar-refractivity contribution >= 4 is 33.7 Å². The van der Waals surface area contributed by atoms with Crippen molar-refractivity contribution in [1.82, 2.24) is 4.31 Å². The molecule has 1 aromatic carbocycles. The van der Waals surface area contributed by atoms with Gasteiger partial charge in [-0.05, 0) is 49.4 Å². The van der Waals surface area contributed by atoms with Gasteiger partial charge in [0.25, 0.3) is 5.91 Å². The van der Waals surface area contributed by atoms with Gasteiger partial charge >= 0.3 is 5.97 Å². The molecule has 9 heteroatoms. The van der Waals surface area contributed by atoms with Gasteiger partial charge in [-0.3, -0.25) is 4.79 Å². The lowest BCUT2D eigenvalue weighted by molar-refractivity contribution is -0.142. The molecule has 0 radical (unpaired) electrons. The monoisotopic (exact) mass is 420 g/mol. The van der Waals surface area contributed by atoms with Gasteiger partial charge in [-0.25, -0.2) is 13.2 Å². The first kappa shape index (κ1) is 22.4. The number of carbonyl (C=O) groups is 2. The van der Waals surface area contributed by atoms with Crippen LogP contribution in [0.4, 0.5) is 5.69 Å². The average Bonchev–Trinajstić information content (AvgIpc) is 3.11. The quantitative estimate of drug-likeness (QED) is 0.494. The highest BCUT2D eigenvalue weighted by atomic mass is 32.2. The number of esters is 1. The molecule has 1 N–H and O–H groups in total. The number of ether oxygens (including phenoxy) is 1. The first-order chi connectivity index (χ1) is 13.8. The summed E-state index contributed by atoms with van der Waals surface area (Å²) < 4.78 is 36.4. The van der Waals surface area contributed by atoms with Crippen LogP contribution < -0.4 is 5.32 Å². The molecule has 0 saturated carbocycles. The van der Waals surface area contributed by atoms with Crippen LogP contribution in [0.15, 0.2) is 51.8 Å². The van der Waals surface area contributed by atoms with Gasteiger partial charge in [-0.2, -0.15) is 4.31 Å². The zero-order valence-electron chi connectivity index (χ0n) is 16.5. The zero-order chi connectivity index (χ0) is 21.4. The van der Waals surface area contributed by atoms with Gasteiger partial charge in [0.2, 0.25) is 10.0 Å². The largest absolute Gasteiger partial charge is 0.462 e. The standard InChI is InChI=1S/C20H24N2O6S/c1-4-22(5-2)29(25,26)18-11-7-16(8-12-18)21-19(23)14-27-20(24)13-10-17-9-6-15(3)28-17/h6-13H,4-5,14H2,1-3H3,(H,21,23). The van der Waals surface area contributed by atoms with E-state index < -0.39 is 28.5 Å². The Balaban J connectivity index is 1.87. The van der Waals surface area contributed by atoms with Crippen LogP contribution in [0, 0.1) is 6.92 Å². The van der Waals surface area contributed by atoms with Crippen LogP contribution in [-0.4, -0.2) is 44.3 Å². The molecule has 2 rings (SSSR count). The van der Waals surface area contributed by atoms with Crippen molar-refractivity contribution < 1.29 is 27.2 Å². The normalized spacial score (nSPS) is 11.7. The van der Waals surface area contributed by atoms with Gasteiger partial charge in [0.1, 0.15) is 11.5 Å². The van der Waals surface area contributed by atoms with Crippen LogP contribution >= 0.6 is 0 Å². The van der Waals surface area contributed by atoms with Crippen LogP contribution in [-0.2, 0) is 24.3 Å². The number of hydrogen-bond donors (Lipinski definition) is 1. The van der Waals surface area contributed by atoms with Gasteiger partial charge in [0.05, 0.1) is 4.90 Å². The molecule has 1 amide bonds. The van der Waals surface area contributed by atoms with E-state index in [1.807, 2.05) is 0 Å². The number of rotatable bonds is 9. The number of carbonyl (C=O) groups excluding carboxylic acids is 2. The number of amides is 1. The van der Waals surface area contributed by atoms with Gasteiger partial charge in [0, 0.05) is 24.9 Å². The van der Waals surface area contributed by atoms with Crippen LogP contribution in [0.5, 0.6) is 0 Å². The summed E-state index contributed by atoms with van der Waals surface area (Å²) in [6.45, 7) is 5.59. The van der Waals surface area contributed by atoms with E-state index in [-0.39, 0.29) is 4.90 Å². The molecule has 1 heterocycles. The van der Waals surface area contributed by atoms with E-state index in [0.717, 1.165) is 0 Å². The zero-order valence-corrected chi connectivity index (χ0v) is 17.4. The summed E-state index contributed by atoms with van der Waals surface area (Å²) in [5.74, 6) is -0.00762. The van der Waals surface area contributed by atoms with E-state index >= 15 is 0 Å². The Kier molecular flexibility index (Phi) is 7.74. The molecular weight excluding hydrogens is 396 g/mol. The van der Waals surface area contributed by atoms with Crippen LogP contribution in [0.3, 0.4) is 0 Å². The first-order valence-corrected chi connectivity index (χ1v) is 10.5. The van der Waals surface area contributed by atoms with E-state index in [9.17, 15) is 18.0 Å². The SMILES string of the molecule is CCN(CC)S(=O)(=O)c1ccc(NC(=O)COC(=O)C=Cc2ccc(C)o2)cc1. The molecule has 8 nitrogen and oxygen atoms in total. The Labute approximate surface area is 170 Å². The highest BCUT2D eigenvalue weighted by Crippen LogP contribution is 2.18. The minimum Gasteiger partial charge on any atom is -0.462 e. The molecule has 0 saturated heterocycles. The minimum absolute atomic E-state index is 0.143. The Bertz CT molecular complexity index is 973. The lowest BCUT2D eigenvalue weighted by Gasteiger charge is -2.18. The van der Waals surface area contributed by atoms with Gasteiger partial charge in [-0.15, -0.1) is 0 Å². The Morgan fingerprint density at radius 3 is 2.31 bits per heavy atom. The Hall–Kier alpha value is -2.91. The van der Waals surface area contributed by atoms with Crippen molar-refractivity contribution in [2.45, 2.75) is 25.7 Å². The Morgan fingerprint density at radius 1 is 1.10 bits per heavy atom. The molecule has 29 heavy (non-hydrogen) atoms. The molecular formula is C20H24N2O6S. The number of nitrogens with zero attached hydrogens (tertiary/aromatic N) is 1. The fraction of sp³-hybridized carbons (Fsp3) is 0.300. The van der Waals surface area contributed by atoms with E-state index in [1.165, 1.54) is 40.7 Å². The molecule has 0 bridgehead atoms. The summed E-state index contributed by atoms with van der Waals surface area (Å²) in [4.78, 5) is 23.7. The molecule has 0 unspecified atom stereocenters. The molecule has 0 atom stereocenters. The van der Waals surface area contributed by atoms with Crippen LogP contribution in [0.25, 0.3) is 6.08 Å². The number of nitrogens with one attached hydrogen (secondary N) is 1. The van der Waals surface area contributed by atoms with E-state index in [2.05, 4.69) is 5.32 Å². The van der Waals surface area contributed by atoms with Crippen LogP contribution in [0.2, 0.25) is 0 Å². The second kappa shape index (κ2) is 10.0. The predicted octanol–water partition coefficient (Wildman–Crippen LogP) is 2.81. The number of benzene rings is 1. The third kappa shape index (κ3) is 6.30. The van der Waals surface area contributed by atoms with Gasteiger partial charge < -0.3 is 14.5 Å². The first-order valence-electron chi connectivity index (χ1n) is 9.07. The minimum atomic E-state index is -3.56. The Morgan fingerprint density at radius 2 is 1.76 bits per heavy atom. The topological polar surface area (TPSA) is 106 Å². The lowest BCUT2D eigenvalue weighted by atomic mass is 10.3. The summed E-state index contributed by atoms with van der Waals surface area (Å²) in [6.07, 6.45) is 2.61. The van der Waals surface area contributed by atoms with E-state index in [0.29, 0.717) is 30.3 Å². The molecule has 0 fully saturated rings. The van der Waals surface area contributed by atoms with E-state index in [4.69, 9.17) is 9.15 Å². The number of hydrogen-bond acceptors (Lipinski definition) is 6. The van der Waals surface area contributed by atoms with Crippen molar-refractivity contribution in [2.75, 3.05) is 25.0 Å². The average molecular weight is 420 g/mol. The maximum Gasteiger partial charge on any atom is 0.331 e. The van der Waals surface area contributed by atoms with Crippen molar-refractivity contribution in [1.29, 1.82) is 0 Å². The molecule has 0 aliphatic carbocycles. The van der Waals surface area contributed by atoms with Gasteiger partial charge in [0.15, 0.2) is 6.61 Å². The molecule has 0 aliphatic rings. The number of sulfonamides is 1. The van der Waals surface area contributed by atoms with Crippen molar-refractivity contribution in [3.05, 3.63) is 54.0 Å². The maximum atomic E-state index is 12.4. The smallest absolute Gasteiger partial charge is 0.331 e. The van der Waals surface area contributed by atoms with Crippen molar-refractivity contribution in [3.8, 4) is 0 Å². The highest BCUT2D eigenvalue weighted by Gasteiger charge is 2.21. The summed E-state index contributed by atoms with van der Waals surface area (Å²) in [7, 11) is -3.56. The number of furan rings is 1. The summed E-state index contributed by atoms with van der Waals surface area (Å²) >= 11 is 0. The second-order valence-corrected chi connectivity index (χ2v) is 7.99. The summed E-state index contributed by atoms with van der Waals surface area (Å²) in [5, 5.41) is 2.54. The summed E-state index contributed by atoms with van der Waals surface area (Å²) in [5.41, 5.74) is 0.395. The lowest BCUT2D eigenvalue weighted by Crippen LogP contribution is -2.30. The predicted molar refractivity (Wildman–Crippen MR) is 109 cm³/mol. The van der Waals surface area contributed by atoms with Crippen LogP contribution in [0.1, 0.15) is 25.4 Å². The van der Waals surface area contributed by atoms with Crippen molar-refractivity contribution in [3.63, 3.8) is 0 Å². The molecule has 0 aliphatic heterocycles. The van der Waals surface area contributed by atoms with Crippen molar-refractivity contribution in [2.24, 2.45) is 0 Å². The van der Waals surface area contributed by atoms with Gasteiger partial charge in [-0.1, -0.05) is 13.8 Å². The third-order valence-electron chi connectivity index (χ3n) is 3.97. The molecule has 0 spiro atoms. The fourth-order valence-electron chi connectivity index (χ4n) is 2.50. The maximum absolute atomic E-state index is 12.4. The fourth-order valence-corrected chi connectivity index (χ4v) is 3.96. The molecule has 1 aromatic heterocycles. The second-order valence-electron chi connectivity index (χ2n) is 6.05.